The summed E-state index contributed by atoms with van der Waals surface area (Å²) in [6, 6.07) is 0. The van der Waals surface area contributed by atoms with E-state index in [1.165, 1.54) is 32.1 Å². The topological polar surface area (TPSA) is 20.3 Å². The van der Waals surface area contributed by atoms with E-state index in [1.54, 1.807) is 0 Å². The average Bonchev–Trinajstić information content (AvgIpc) is 2.97. The first-order valence-electron chi connectivity index (χ1n) is 6.58. The second-order valence-electron chi connectivity index (χ2n) is 5.56. The molecule has 1 amide bonds. The lowest BCUT2D eigenvalue weighted by Gasteiger charge is -2.32. The van der Waals surface area contributed by atoms with Crippen molar-refractivity contribution in [2.45, 2.75) is 45.4 Å². The molecule has 2 nitrogen and oxygen atoms in total. The summed E-state index contributed by atoms with van der Waals surface area (Å²) in [4.78, 5) is 14.2. The summed E-state index contributed by atoms with van der Waals surface area (Å²) < 4.78 is 0. The third kappa shape index (κ3) is 2.73. The molecular weight excluding hydrogens is 218 g/mol. The van der Waals surface area contributed by atoms with Crippen molar-refractivity contribution in [1.82, 2.24) is 4.90 Å². The average molecular weight is 241 g/mol. The van der Waals surface area contributed by atoms with Crippen molar-refractivity contribution in [3.63, 3.8) is 0 Å². The highest BCUT2D eigenvalue weighted by Gasteiger charge is 2.43. The predicted molar refractivity (Wildman–Crippen MR) is 69.7 cm³/mol. The first kappa shape index (κ1) is 12.3. The highest BCUT2D eigenvalue weighted by atomic mass is 32.1. The summed E-state index contributed by atoms with van der Waals surface area (Å²) in [7, 11) is 0. The van der Waals surface area contributed by atoms with Crippen LogP contribution in [0.25, 0.3) is 0 Å². The summed E-state index contributed by atoms with van der Waals surface area (Å²) in [6.45, 7) is 3.97. The van der Waals surface area contributed by atoms with Crippen molar-refractivity contribution < 1.29 is 4.79 Å². The Labute approximate surface area is 104 Å². The molecular formula is C13H23NOS. The monoisotopic (exact) mass is 241 g/mol. The number of hydrogen-bond acceptors (Lipinski definition) is 2. The van der Waals surface area contributed by atoms with Gasteiger partial charge in [0.2, 0.25) is 5.91 Å². The zero-order chi connectivity index (χ0) is 11.6. The summed E-state index contributed by atoms with van der Waals surface area (Å²) >= 11 is 4.36. The van der Waals surface area contributed by atoms with E-state index in [9.17, 15) is 4.79 Å². The molecule has 0 N–H and O–H groups in total. The second kappa shape index (κ2) is 4.99. The smallest absolute Gasteiger partial charge is 0.223 e. The Morgan fingerprint density at radius 2 is 2.12 bits per heavy atom. The lowest BCUT2D eigenvalue weighted by atomic mass is 9.85. The molecule has 92 valence electrons. The van der Waals surface area contributed by atoms with Gasteiger partial charge in [0.25, 0.3) is 0 Å². The van der Waals surface area contributed by atoms with Crippen molar-refractivity contribution in [2.75, 3.05) is 18.8 Å². The van der Waals surface area contributed by atoms with Gasteiger partial charge in [-0.25, -0.2) is 0 Å². The summed E-state index contributed by atoms with van der Waals surface area (Å²) in [5.41, 5.74) is 0.271. The Balaban J connectivity index is 1.80. The first-order chi connectivity index (χ1) is 7.69. The lowest BCUT2D eigenvalue weighted by Crippen LogP contribution is -2.38. The largest absolute Gasteiger partial charge is 0.343 e. The Kier molecular flexibility index (Phi) is 3.83. The Hall–Kier alpha value is -0.180. The Morgan fingerprint density at radius 1 is 1.44 bits per heavy atom. The molecule has 0 aliphatic heterocycles. The number of amides is 1. The maximum absolute atomic E-state index is 12.2. The number of rotatable bonds is 6. The molecule has 0 radical (unpaired) electrons. The molecule has 0 unspecified atom stereocenters. The van der Waals surface area contributed by atoms with Gasteiger partial charge in [0.05, 0.1) is 0 Å². The SMILES string of the molecule is CCN(CC1CCC1)C(=O)CC1(CS)CC1. The third-order valence-electron chi connectivity index (χ3n) is 4.26. The number of carbonyl (C=O) groups is 1. The minimum Gasteiger partial charge on any atom is -0.343 e. The molecule has 2 aliphatic rings. The number of thiol groups is 1. The lowest BCUT2D eigenvalue weighted by molar-refractivity contribution is -0.133. The molecule has 0 aromatic heterocycles. The maximum Gasteiger partial charge on any atom is 0.223 e. The molecule has 0 atom stereocenters. The highest BCUT2D eigenvalue weighted by Crippen LogP contribution is 2.49. The van der Waals surface area contributed by atoms with Gasteiger partial charge in [-0.3, -0.25) is 4.79 Å². The first-order valence-corrected chi connectivity index (χ1v) is 7.21. The Bertz CT molecular complexity index is 259. The van der Waals surface area contributed by atoms with Gasteiger partial charge in [-0.15, -0.1) is 0 Å². The van der Waals surface area contributed by atoms with Crippen LogP contribution in [0.2, 0.25) is 0 Å². The van der Waals surface area contributed by atoms with E-state index in [4.69, 9.17) is 0 Å². The second-order valence-corrected chi connectivity index (χ2v) is 5.88. The fourth-order valence-electron chi connectivity index (χ4n) is 2.39. The minimum absolute atomic E-state index is 0.271. The van der Waals surface area contributed by atoms with Gasteiger partial charge in [-0.1, -0.05) is 6.42 Å². The van der Waals surface area contributed by atoms with Crippen LogP contribution in [0.4, 0.5) is 0 Å². The van der Waals surface area contributed by atoms with Crippen LogP contribution in [0.15, 0.2) is 0 Å². The van der Waals surface area contributed by atoms with Crippen molar-refractivity contribution in [3.8, 4) is 0 Å². The van der Waals surface area contributed by atoms with E-state index in [-0.39, 0.29) is 5.41 Å². The molecule has 0 heterocycles. The van der Waals surface area contributed by atoms with Crippen LogP contribution in [0, 0.1) is 11.3 Å². The van der Waals surface area contributed by atoms with Gasteiger partial charge in [-0.2, -0.15) is 12.6 Å². The number of hydrogen-bond donors (Lipinski definition) is 1. The van der Waals surface area contributed by atoms with Crippen LogP contribution in [0.3, 0.4) is 0 Å². The molecule has 2 fully saturated rings. The van der Waals surface area contributed by atoms with Crippen molar-refractivity contribution >= 4 is 18.5 Å². The fourth-order valence-corrected chi connectivity index (χ4v) is 2.82. The molecule has 3 heteroatoms. The van der Waals surface area contributed by atoms with Crippen LogP contribution in [-0.4, -0.2) is 29.6 Å². The van der Waals surface area contributed by atoms with Gasteiger partial charge < -0.3 is 4.90 Å². The van der Waals surface area contributed by atoms with Gasteiger partial charge in [0.1, 0.15) is 0 Å². The minimum atomic E-state index is 0.271. The third-order valence-corrected chi connectivity index (χ3v) is 4.93. The highest BCUT2D eigenvalue weighted by molar-refractivity contribution is 7.80. The number of nitrogens with zero attached hydrogens (tertiary/aromatic N) is 1. The van der Waals surface area contributed by atoms with Crippen LogP contribution in [-0.2, 0) is 4.79 Å². The maximum atomic E-state index is 12.2. The molecule has 0 aromatic carbocycles. The molecule has 0 aromatic rings. The zero-order valence-electron chi connectivity index (χ0n) is 10.2. The van der Waals surface area contributed by atoms with E-state index >= 15 is 0 Å². The molecule has 2 saturated carbocycles. The van der Waals surface area contributed by atoms with Crippen LogP contribution in [0.1, 0.15) is 45.4 Å². The van der Waals surface area contributed by atoms with Crippen LogP contribution >= 0.6 is 12.6 Å². The van der Waals surface area contributed by atoms with E-state index in [1.807, 2.05) is 0 Å². The fraction of sp³-hybridized carbons (Fsp3) is 0.923. The summed E-state index contributed by atoms with van der Waals surface area (Å²) in [5.74, 6) is 2.02. The normalized spacial score (nSPS) is 22.6. The van der Waals surface area contributed by atoms with Crippen molar-refractivity contribution in [3.05, 3.63) is 0 Å². The van der Waals surface area contributed by atoms with Crippen LogP contribution in [0.5, 0.6) is 0 Å². The van der Waals surface area contributed by atoms with Gasteiger partial charge in [0, 0.05) is 19.5 Å². The van der Waals surface area contributed by atoms with Crippen LogP contribution < -0.4 is 0 Å². The molecule has 2 rings (SSSR count). The van der Waals surface area contributed by atoms with E-state index in [2.05, 4.69) is 24.5 Å². The zero-order valence-corrected chi connectivity index (χ0v) is 11.1. The van der Waals surface area contributed by atoms with Gasteiger partial charge >= 0.3 is 0 Å². The van der Waals surface area contributed by atoms with Crippen molar-refractivity contribution in [2.24, 2.45) is 11.3 Å². The molecule has 0 spiro atoms. The predicted octanol–water partition coefficient (Wildman–Crippen LogP) is 2.74. The molecule has 0 bridgehead atoms. The molecule has 16 heavy (non-hydrogen) atoms. The summed E-state index contributed by atoms with van der Waals surface area (Å²) in [5, 5.41) is 0. The van der Waals surface area contributed by atoms with Gasteiger partial charge in [-0.05, 0) is 49.7 Å². The van der Waals surface area contributed by atoms with E-state index in [0.717, 1.165) is 31.2 Å². The number of carbonyl (C=O) groups excluding carboxylic acids is 1. The van der Waals surface area contributed by atoms with E-state index in [0.29, 0.717) is 5.91 Å². The molecule has 2 aliphatic carbocycles. The molecule has 0 saturated heterocycles. The van der Waals surface area contributed by atoms with Gasteiger partial charge in [0.15, 0.2) is 0 Å². The standard InChI is InChI=1S/C13H23NOS/c1-2-14(9-11-4-3-5-11)12(15)8-13(10-16)6-7-13/h11,16H,2-10H2,1H3. The van der Waals surface area contributed by atoms with E-state index < -0.39 is 0 Å². The quantitative estimate of drug-likeness (QED) is 0.709. The van der Waals surface area contributed by atoms with Crippen molar-refractivity contribution in [1.29, 1.82) is 0 Å². The Morgan fingerprint density at radius 3 is 2.50 bits per heavy atom. The summed E-state index contributed by atoms with van der Waals surface area (Å²) in [6.07, 6.45) is 7.13.